The van der Waals surface area contributed by atoms with Gasteiger partial charge in [0.1, 0.15) is 11.6 Å². The summed E-state index contributed by atoms with van der Waals surface area (Å²) in [7, 11) is 0. The highest BCUT2D eigenvalue weighted by Crippen LogP contribution is 2.72. The lowest BCUT2D eigenvalue weighted by atomic mass is 9.99. The molecule has 1 nitrogen and oxygen atoms in total. The lowest BCUT2D eigenvalue weighted by Crippen LogP contribution is -2.08. The Kier molecular flexibility index (Phi) is 3.10. The van der Waals surface area contributed by atoms with E-state index in [1.165, 1.54) is 0 Å². The molecule has 1 aromatic rings. The van der Waals surface area contributed by atoms with Crippen molar-refractivity contribution >= 4 is 15.9 Å². The highest BCUT2D eigenvalue weighted by atomic mass is 79.9. The van der Waals surface area contributed by atoms with Crippen molar-refractivity contribution in [3.63, 3.8) is 0 Å². The molecule has 0 heterocycles. The van der Waals surface area contributed by atoms with Crippen molar-refractivity contribution in [2.75, 3.05) is 0 Å². The molecule has 1 aliphatic rings. The zero-order valence-electron chi connectivity index (χ0n) is 10.9. The first-order valence-electron chi connectivity index (χ1n) is 5.93. The van der Waals surface area contributed by atoms with E-state index in [4.69, 9.17) is 0 Å². The van der Waals surface area contributed by atoms with Crippen LogP contribution >= 0.6 is 15.9 Å². The number of halogens is 3. The summed E-state index contributed by atoms with van der Waals surface area (Å²) >= 11 is 2.93. The van der Waals surface area contributed by atoms with Gasteiger partial charge in [-0.3, -0.25) is 0 Å². The van der Waals surface area contributed by atoms with E-state index in [0.29, 0.717) is 0 Å². The molecule has 1 aromatic carbocycles. The van der Waals surface area contributed by atoms with Crippen LogP contribution in [0.15, 0.2) is 16.6 Å². The number of hydrogen-bond donors (Lipinski definition) is 1. The van der Waals surface area contributed by atoms with E-state index in [9.17, 15) is 13.9 Å². The van der Waals surface area contributed by atoms with E-state index >= 15 is 0 Å². The predicted octanol–water partition coefficient (Wildman–Crippen LogP) is 4.44. The Morgan fingerprint density at radius 1 is 1.11 bits per heavy atom. The van der Waals surface area contributed by atoms with Crippen molar-refractivity contribution in [2.24, 2.45) is 16.7 Å². The van der Waals surface area contributed by atoms with Gasteiger partial charge in [0.15, 0.2) is 0 Å². The first kappa shape index (κ1) is 13.9. The summed E-state index contributed by atoms with van der Waals surface area (Å²) in [6.45, 7) is 8.14. The maximum absolute atomic E-state index is 13.8. The van der Waals surface area contributed by atoms with Gasteiger partial charge in [-0.25, -0.2) is 8.78 Å². The Balaban J connectivity index is 2.37. The first-order valence-corrected chi connectivity index (χ1v) is 6.72. The molecule has 1 saturated carbocycles. The normalized spacial score (nSPS) is 22.9. The van der Waals surface area contributed by atoms with Crippen LogP contribution in [0.5, 0.6) is 0 Å². The van der Waals surface area contributed by atoms with Crippen LogP contribution in [0.25, 0.3) is 0 Å². The van der Waals surface area contributed by atoms with Crippen LogP contribution in [0.4, 0.5) is 8.78 Å². The SMILES string of the molecule is CC1(C)C(C(O)c2cc(F)c(Br)cc2F)C1(C)C. The van der Waals surface area contributed by atoms with Gasteiger partial charge in [0.2, 0.25) is 0 Å². The third kappa shape index (κ3) is 1.81. The standard InChI is InChI=1S/C14H17BrF2O/c1-13(2)12(14(13,3)4)11(18)7-5-10(17)8(15)6-9(7)16/h5-6,11-12,18H,1-4H3. The molecule has 0 saturated heterocycles. The van der Waals surface area contributed by atoms with Crippen LogP contribution in [-0.4, -0.2) is 5.11 Å². The summed E-state index contributed by atoms with van der Waals surface area (Å²) in [6, 6.07) is 2.14. The van der Waals surface area contributed by atoms with Gasteiger partial charge in [0.05, 0.1) is 10.6 Å². The van der Waals surface area contributed by atoms with Gasteiger partial charge in [-0.05, 0) is 38.9 Å². The maximum Gasteiger partial charge on any atom is 0.137 e. The van der Waals surface area contributed by atoms with Gasteiger partial charge >= 0.3 is 0 Å². The molecule has 1 atom stereocenters. The minimum absolute atomic E-state index is 0.0411. The summed E-state index contributed by atoms with van der Waals surface area (Å²) in [5.41, 5.74) is -0.121. The van der Waals surface area contributed by atoms with E-state index in [1.54, 1.807) is 0 Å². The van der Waals surface area contributed by atoms with Crippen molar-refractivity contribution in [3.8, 4) is 0 Å². The lowest BCUT2D eigenvalue weighted by Gasteiger charge is -2.14. The number of benzene rings is 1. The second-order valence-electron chi connectivity index (χ2n) is 6.15. The molecule has 1 fully saturated rings. The minimum atomic E-state index is -0.974. The molecule has 0 aromatic heterocycles. The summed E-state index contributed by atoms with van der Waals surface area (Å²) in [4.78, 5) is 0. The molecule has 18 heavy (non-hydrogen) atoms. The molecular weight excluding hydrogens is 302 g/mol. The van der Waals surface area contributed by atoms with E-state index in [0.717, 1.165) is 12.1 Å². The van der Waals surface area contributed by atoms with Gasteiger partial charge in [0.25, 0.3) is 0 Å². The Hall–Kier alpha value is -0.480. The van der Waals surface area contributed by atoms with E-state index in [-0.39, 0.29) is 26.8 Å². The van der Waals surface area contributed by atoms with Crippen molar-refractivity contribution in [3.05, 3.63) is 33.8 Å². The zero-order valence-corrected chi connectivity index (χ0v) is 12.5. The van der Waals surface area contributed by atoms with Crippen LogP contribution in [-0.2, 0) is 0 Å². The molecule has 1 unspecified atom stereocenters. The third-order valence-electron chi connectivity index (χ3n) is 4.81. The second kappa shape index (κ2) is 4.01. The van der Waals surface area contributed by atoms with Gasteiger partial charge in [-0.2, -0.15) is 0 Å². The van der Waals surface area contributed by atoms with E-state index in [1.807, 2.05) is 27.7 Å². The topological polar surface area (TPSA) is 20.2 Å². The quantitative estimate of drug-likeness (QED) is 0.799. The smallest absolute Gasteiger partial charge is 0.137 e. The minimum Gasteiger partial charge on any atom is -0.388 e. The Morgan fingerprint density at radius 3 is 2.06 bits per heavy atom. The van der Waals surface area contributed by atoms with Crippen LogP contribution in [0.2, 0.25) is 0 Å². The first-order chi connectivity index (χ1) is 8.10. The molecule has 0 spiro atoms. The van der Waals surface area contributed by atoms with Crippen LogP contribution in [0, 0.1) is 28.4 Å². The van der Waals surface area contributed by atoms with Crippen molar-refractivity contribution in [1.29, 1.82) is 0 Å². The van der Waals surface area contributed by atoms with Gasteiger partial charge in [0, 0.05) is 11.5 Å². The molecule has 0 aliphatic heterocycles. The van der Waals surface area contributed by atoms with Gasteiger partial charge in [-0.15, -0.1) is 0 Å². The number of aliphatic hydroxyl groups is 1. The molecule has 0 radical (unpaired) electrons. The average Bonchev–Trinajstić information content (AvgIpc) is 2.62. The lowest BCUT2D eigenvalue weighted by molar-refractivity contribution is 0.126. The van der Waals surface area contributed by atoms with Gasteiger partial charge < -0.3 is 5.11 Å². The van der Waals surface area contributed by atoms with Gasteiger partial charge in [-0.1, -0.05) is 27.7 Å². The predicted molar refractivity (Wildman–Crippen MR) is 70.1 cm³/mol. The molecule has 0 bridgehead atoms. The van der Waals surface area contributed by atoms with Crippen molar-refractivity contribution in [2.45, 2.75) is 33.8 Å². The fourth-order valence-corrected chi connectivity index (χ4v) is 3.30. The Labute approximate surface area is 114 Å². The summed E-state index contributed by atoms with van der Waals surface area (Å²) < 4.78 is 27.4. The fourth-order valence-electron chi connectivity index (χ4n) is 2.98. The second-order valence-corrected chi connectivity index (χ2v) is 7.01. The van der Waals surface area contributed by atoms with Crippen LogP contribution in [0.3, 0.4) is 0 Å². The maximum atomic E-state index is 13.8. The fraction of sp³-hybridized carbons (Fsp3) is 0.571. The Morgan fingerprint density at radius 2 is 1.61 bits per heavy atom. The number of aliphatic hydroxyl groups excluding tert-OH is 1. The monoisotopic (exact) mass is 318 g/mol. The molecule has 4 heteroatoms. The number of rotatable bonds is 2. The molecular formula is C14H17BrF2O. The summed E-state index contributed by atoms with van der Waals surface area (Å²) in [6.07, 6.45) is -0.974. The molecule has 0 amide bonds. The molecule has 100 valence electrons. The third-order valence-corrected chi connectivity index (χ3v) is 5.41. The van der Waals surface area contributed by atoms with E-state index < -0.39 is 17.7 Å². The van der Waals surface area contributed by atoms with Crippen molar-refractivity contribution in [1.82, 2.24) is 0 Å². The Bertz CT molecular complexity index is 483. The summed E-state index contributed by atoms with van der Waals surface area (Å²) in [5, 5.41) is 10.3. The molecule has 1 N–H and O–H groups in total. The average molecular weight is 319 g/mol. The zero-order chi connectivity index (χ0) is 13.9. The molecule has 2 rings (SSSR count). The highest BCUT2D eigenvalue weighted by Gasteiger charge is 2.67. The molecule has 1 aliphatic carbocycles. The largest absolute Gasteiger partial charge is 0.388 e. The van der Waals surface area contributed by atoms with E-state index in [2.05, 4.69) is 15.9 Å². The highest BCUT2D eigenvalue weighted by molar-refractivity contribution is 9.10. The van der Waals surface area contributed by atoms with Crippen molar-refractivity contribution < 1.29 is 13.9 Å². The summed E-state index contributed by atoms with van der Waals surface area (Å²) in [5.74, 6) is -1.20. The van der Waals surface area contributed by atoms with Crippen LogP contribution < -0.4 is 0 Å². The number of hydrogen-bond acceptors (Lipinski definition) is 1. The van der Waals surface area contributed by atoms with Crippen LogP contribution in [0.1, 0.15) is 39.4 Å².